The number of pyridine rings is 1. The highest BCUT2D eigenvalue weighted by Crippen LogP contribution is 2.36. The number of hydrogen-bond acceptors (Lipinski definition) is 6. The molecule has 1 fully saturated rings. The molecule has 1 aromatic heterocycles. The Morgan fingerprint density at radius 1 is 1.13 bits per heavy atom. The summed E-state index contributed by atoms with van der Waals surface area (Å²) in [5, 5.41) is 9.08. The molecule has 0 spiro atoms. The maximum Gasteiger partial charge on any atom is 0.389 e. The number of sulfone groups is 1. The fourth-order valence-corrected chi connectivity index (χ4v) is 5.42. The molecule has 1 aromatic carbocycles. The van der Waals surface area contributed by atoms with Crippen molar-refractivity contribution in [1.82, 2.24) is 10.5 Å². The molecular formula is C20H21F3N2O5S. The molecular weight excluding hydrogens is 437 g/mol. The van der Waals surface area contributed by atoms with Crippen LogP contribution in [0.15, 0.2) is 47.5 Å². The van der Waals surface area contributed by atoms with Gasteiger partial charge in [0.15, 0.2) is 14.6 Å². The van der Waals surface area contributed by atoms with E-state index in [9.17, 15) is 26.4 Å². The van der Waals surface area contributed by atoms with Gasteiger partial charge in [-0.3, -0.25) is 15.0 Å². The summed E-state index contributed by atoms with van der Waals surface area (Å²) >= 11 is 0. The van der Waals surface area contributed by atoms with Crippen molar-refractivity contribution >= 4 is 15.7 Å². The van der Waals surface area contributed by atoms with Crippen molar-refractivity contribution in [3.8, 4) is 11.3 Å². The molecule has 0 atom stereocenters. The first-order chi connectivity index (χ1) is 14.6. The van der Waals surface area contributed by atoms with Gasteiger partial charge in [0.05, 0.1) is 10.6 Å². The van der Waals surface area contributed by atoms with Crippen LogP contribution in [0.3, 0.4) is 0 Å². The first-order valence-corrected chi connectivity index (χ1v) is 11.0. The van der Waals surface area contributed by atoms with Crippen LogP contribution >= 0.6 is 0 Å². The molecule has 1 aliphatic rings. The van der Waals surface area contributed by atoms with Gasteiger partial charge in [0.1, 0.15) is 0 Å². The highest BCUT2D eigenvalue weighted by molar-refractivity contribution is 7.93. The Morgan fingerprint density at radius 3 is 2.29 bits per heavy atom. The van der Waals surface area contributed by atoms with Gasteiger partial charge in [-0.2, -0.15) is 13.2 Å². The van der Waals surface area contributed by atoms with Gasteiger partial charge in [-0.1, -0.05) is 18.2 Å². The minimum absolute atomic E-state index is 0.0648. The standard InChI is InChI=1S/C20H21F3N2O5S/c21-20(22,23)8-7-14-1-6-17(24-13-14)15-2-4-16(5-3-15)31(28,29)19(18(26)25-27)9-11-30-12-10-19/h1-6,13,27H,7-12H2,(H,25,26). The summed E-state index contributed by atoms with van der Waals surface area (Å²) in [5.74, 6) is -1.00. The molecule has 0 saturated carbocycles. The van der Waals surface area contributed by atoms with Gasteiger partial charge in [0.25, 0.3) is 5.91 Å². The van der Waals surface area contributed by atoms with E-state index in [0.29, 0.717) is 16.8 Å². The van der Waals surface area contributed by atoms with Crippen LogP contribution in [0, 0.1) is 0 Å². The lowest BCUT2D eigenvalue weighted by Crippen LogP contribution is -2.54. The molecule has 3 rings (SSSR count). The molecule has 1 saturated heterocycles. The summed E-state index contributed by atoms with van der Waals surface area (Å²) in [5.41, 5.74) is 2.93. The maximum absolute atomic E-state index is 13.2. The third kappa shape index (κ3) is 4.89. The number of amides is 1. The number of aryl methyl sites for hydroxylation is 1. The zero-order valence-corrected chi connectivity index (χ0v) is 17.2. The average molecular weight is 458 g/mol. The number of carbonyl (C=O) groups is 1. The van der Waals surface area contributed by atoms with Crippen LogP contribution in [0.25, 0.3) is 11.3 Å². The lowest BCUT2D eigenvalue weighted by molar-refractivity contribution is -0.135. The lowest BCUT2D eigenvalue weighted by Gasteiger charge is -2.34. The number of ether oxygens (including phenoxy) is 1. The predicted octanol–water partition coefficient (Wildman–Crippen LogP) is 3.07. The number of nitrogens with zero attached hydrogens (tertiary/aromatic N) is 1. The highest BCUT2D eigenvalue weighted by Gasteiger charge is 2.52. The normalized spacial score (nSPS) is 16.6. The van der Waals surface area contributed by atoms with E-state index in [1.54, 1.807) is 12.1 Å². The number of hydrogen-bond donors (Lipinski definition) is 2. The van der Waals surface area contributed by atoms with Crippen molar-refractivity contribution in [1.29, 1.82) is 0 Å². The second-order valence-electron chi connectivity index (χ2n) is 7.24. The van der Waals surface area contributed by atoms with E-state index >= 15 is 0 Å². The quantitative estimate of drug-likeness (QED) is 0.509. The van der Waals surface area contributed by atoms with E-state index in [-0.39, 0.29) is 37.4 Å². The molecule has 0 radical (unpaired) electrons. The average Bonchev–Trinajstić information content (AvgIpc) is 2.77. The molecule has 7 nitrogen and oxygen atoms in total. The molecule has 168 valence electrons. The third-order valence-electron chi connectivity index (χ3n) is 5.31. The Kier molecular flexibility index (Phi) is 6.68. The van der Waals surface area contributed by atoms with Crippen molar-refractivity contribution in [3.05, 3.63) is 48.2 Å². The Balaban J connectivity index is 1.83. The number of benzene rings is 1. The van der Waals surface area contributed by atoms with Gasteiger partial charge in [0, 0.05) is 31.4 Å². The van der Waals surface area contributed by atoms with Crippen LogP contribution in [-0.4, -0.2) is 48.7 Å². The summed E-state index contributed by atoms with van der Waals surface area (Å²) < 4.78 is 66.8. The van der Waals surface area contributed by atoms with E-state index in [2.05, 4.69) is 4.98 Å². The van der Waals surface area contributed by atoms with Gasteiger partial charge in [-0.15, -0.1) is 0 Å². The Labute approximate surface area is 177 Å². The van der Waals surface area contributed by atoms with Crippen molar-refractivity contribution in [2.75, 3.05) is 13.2 Å². The Hall–Kier alpha value is -2.50. The van der Waals surface area contributed by atoms with E-state index < -0.39 is 33.1 Å². The minimum atomic E-state index is -4.24. The molecule has 1 aliphatic heterocycles. The summed E-state index contributed by atoms with van der Waals surface area (Å²) in [7, 11) is -4.14. The van der Waals surface area contributed by atoms with Crippen LogP contribution in [0.2, 0.25) is 0 Å². The van der Waals surface area contributed by atoms with Gasteiger partial charge in [0.2, 0.25) is 0 Å². The number of hydroxylamine groups is 1. The summed E-state index contributed by atoms with van der Waals surface area (Å²) in [6, 6.07) is 8.80. The number of carbonyl (C=O) groups excluding carboxylic acids is 1. The van der Waals surface area contributed by atoms with E-state index in [4.69, 9.17) is 9.94 Å². The summed E-state index contributed by atoms with van der Waals surface area (Å²) in [6.07, 6.45) is -4.18. The molecule has 2 aromatic rings. The molecule has 1 amide bonds. The second-order valence-corrected chi connectivity index (χ2v) is 9.50. The van der Waals surface area contributed by atoms with Crippen molar-refractivity contribution in [2.24, 2.45) is 0 Å². The summed E-state index contributed by atoms with van der Waals surface area (Å²) in [6.45, 7) is 0.130. The largest absolute Gasteiger partial charge is 0.389 e. The van der Waals surface area contributed by atoms with Crippen LogP contribution in [0.1, 0.15) is 24.8 Å². The van der Waals surface area contributed by atoms with Gasteiger partial charge >= 0.3 is 6.18 Å². The first kappa shape index (κ1) is 23.2. The molecule has 2 N–H and O–H groups in total. The minimum Gasteiger partial charge on any atom is -0.381 e. The number of halogens is 3. The van der Waals surface area contributed by atoms with E-state index in [1.807, 2.05) is 0 Å². The van der Waals surface area contributed by atoms with Crippen LogP contribution in [-0.2, 0) is 25.8 Å². The number of rotatable bonds is 6. The number of nitrogens with one attached hydrogen (secondary N) is 1. The zero-order valence-electron chi connectivity index (χ0n) is 16.4. The van der Waals surface area contributed by atoms with E-state index in [1.165, 1.54) is 35.9 Å². The van der Waals surface area contributed by atoms with Gasteiger partial charge in [-0.05, 0) is 43.0 Å². The molecule has 31 heavy (non-hydrogen) atoms. The van der Waals surface area contributed by atoms with Gasteiger partial charge < -0.3 is 4.74 Å². The van der Waals surface area contributed by atoms with Crippen molar-refractivity contribution in [2.45, 2.75) is 41.5 Å². The second kappa shape index (κ2) is 8.93. The molecule has 11 heteroatoms. The third-order valence-corrected chi connectivity index (χ3v) is 7.83. The lowest BCUT2D eigenvalue weighted by atomic mass is 9.98. The Bertz CT molecular complexity index is 1020. The van der Waals surface area contributed by atoms with Gasteiger partial charge in [-0.25, -0.2) is 13.9 Å². The smallest absolute Gasteiger partial charge is 0.381 e. The van der Waals surface area contributed by atoms with Crippen LogP contribution < -0.4 is 5.48 Å². The topological polar surface area (TPSA) is 106 Å². The Morgan fingerprint density at radius 2 is 1.77 bits per heavy atom. The molecule has 2 heterocycles. The van der Waals surface area contributed by atoms with Crippen molar-refractivity contribution < 1.29 is 36.3 Å². The SMILES string of the molecule is O=C(NO)C1(S(=O)(=O)c2ccc(-c3ccc(CCC(F)(F)F)cn3)cc2)CCOCC1. The monoisotopic (exact) mass is 458 g/mol. The number of aromatic nitrogens is 1. The first-order valence-electron chi connectivity index (χ1n) is 9.48. The number of alkyl halides is 3. The predicted molar refractivity (Wildman–Crippen MR) is 104 cm³/mol. The van der Waals surface area contributed by atoms with Crippen LogP contribution in [0.5, 0.6) is 0 Å². The highest BCUT2D eigenvalue weighted by atomic mass is 32.2. The maximum atomic E-state index is 13.2. The summed E-state index contributed by atoms with van der Waals surface area (Å²) in [4.78, 5) is 16.3. The van der Waals surface area contributed by atoms with E-state index in [0.717, 1.165) is 0 Å². The molecule has 0 unspecified atom stereocenters. The van der Waals surface area contributed by atoms with Crippen LogP contribution in [0.4, 0.5) is 13.2 Å². The zero-order chi connectivity index (χ0) is 22.7. The van der Waals surface area contributed by atoms with Crippen molar-refractivity contribution in [3.63, 3.8) is 0 Å². The molecule has 0 bridgehead atoms. The fraction of sp³-hybridized carbons (Fsp3) is 0.400. The fourth-order valence-electron chi connectivity index (χ4n) is 3.48. The molecule has 0 aliphatic carbocycles.